The number of hydrogen-bond donors (Lipinski definition) is 2. The molecule has 0 bridgehead atoms. The Morgan fingerprint density at radius 2 is 1.88 bits per heavy atom. The molecule has 1 aromatic carbocycles. The molecule has 0 spiro atoms. The fourth-order valence-electron chi connectivity index (χ4n) is 2.81. The number of likely N-dealkylation sites (tertiary alicyclic amines) is 1. The second kappa shape index (κ2) is 9.22. The Hall–Kier alpha value is -2.34. The van der Waals surface area contributed by atoms with Crippen LogP contribution in [0.4, 0.5) is 4.79 Å². The molecule has 1 fully saturated rings. The maximum Gasteiger partial charge on any atom is 0.410 e. The molecule has 6 heteroatoms. The zero-order valence-electron chi connectivity index (χ0n) is 14.8. The van der Waals surface area contributed by atoms with Gasteiger partial charge in [-0.1, -0.05) is 55.8 Å². The van der Waals surface area contributed by atoms with E-state index in [9.17, 15) is 9.59 Å². The van der Waals surface area contributed by atoms with Crippen LogP contribution in [0.2, 0.25) is 0 Å². The van der Waals surface area contributed by atoms with Crippen molar-refractivity contribution in [2.45, 2.75) is 33.3 Å². The van der Waals surface area contributed by atoms with Crippen LogP contribution in [0.5, 0.6) is 0 Å². The van der Waals surface area contributed by atoms with Gasteiger partial charge < -0.3 is 9.64 Å². The highest BCUT2D eigenvalue weighted by Gasteiger charge is 2.23. The van der Waals surface area contributed by atoms with E-state index in [-0.39, 0.29) is 30.4 Å². The van der Waals surface area contributed by atoms with E-state index < -0.39 is 0 Å². The Morgan fingerprint density at radius 3 is 2.48 bits per heavy atom. The van der Waals surface area contributed by atoms with E-state index in [1.807, 2.05) is 37.3 Å². The van der Waals surface area contributed by atoms with Crippen LogP contribution in [-0.2, 0) is 16.1 Å². The van der Waals surface area contributed by atoms with Crippen molar-refractivity contribution < 1.29 is 19.5 Å². The molecule has 2 N–H and O–H groups in total. The average molecular weight is 346 g/mol. The fourth-order valence-corrected chi connectivity index (χ4v) is 2.81. The van der Waals surface area contributed by atoms with Gasteiger partial charge in [-0.25, -0.2) is 10.3 Å². The van der Waals surface area contributed by atoms with Crippen molar-refractivity contribution in [3.8, 4) is 0 Å². The van der Waals surface area contributed by atoms with Gasteiger partial charge in [0.1, 0.15) is 6.61 Å². The number of carbonyl (C=O) groups is 2. The van der Waals surface area contributed by atoms with E-state index in [1.165, 1.54) is 5.57 Å². The van der Waals surface area contributed by atoms with Crippen molar-refractivity contribution in [1.82, 2.24) is 10.4 Å². The summed E-state index contributed by atoms with van der Waals surface area (Å²) in [4.78, 5) is 25.3. The van der Waals surface area contributed by atoms with Crippen molar-refractivity contribution in [2.24, 2.45) is 11.8 Å². The van der Waals surface area contributed by atoms with Gasteiger partial charge in [0.15, 0.2) is 0 Å². The lowest BCUT2D eigenvalue weighted by Gasteiger charge is -2.28. The zero-order valence-corrected chi connectivity index (χ0v) is 14.8. The van der Waals surface area contributed by atoms with E-state index in [0.717, 1.165) is 18.4 Å². The Bertz CT molecular complexity index is 605. The molecule has 1 aliphatic rings. The topological polar surface area (TPSA) is 78.9 Å². The molecular formula is C19H26N2O4. The lowest BCUT2D eigenvalue weighted by molar-refractivity contribution is -0.133. The summed E-state index contributed by atoms with van der Waals surface area (Å²) >= 11 is 0. The SMILES string of the molecule is C[C@H](C=C1CCN(C(=O)OCc2ccccc2)CC1)[C@@H](C)C(=O)NO. The average Bonchev–Trinajstić information content (AvgIpc) is 2.66. The van der Waals surface area contributed by atoms with Crippen LogP contribution in [0, 0.1) is 11.8 Å². The van der Waals surface area contributed by atoms with E-state index in [1.54, 1.807) is 17.3 Å². The third-order valence-electron chi connectivity index (χ3n) is 4.68. The van der Waals surface area contributed by atoms with Crippen LogP contribution in [-0.4, -0.2) is 35.2 Å². The molecular weight excluding hydrogens is 320 g/mol. The number of hydroxylamine groups is 1. The Balaban J connectivity index is 1.79. The molecule has 0 radical (unpaired) electrons. The molecule has 1 saturated heterocycles. The number of piperidine rings is 1. The first-order valence-electron chi connectivity index (χ1n) is 8.60. The van der Waals surface area contributed by atoms with E-state index in [0.29, 0.717) is 13.1 Å². The number of benzene rings is 1. The molecule has 136 valence electrons. The summed E-state index contributed by atoms with van der Waals surface area (Å²) in [6, 6.07) is 9.61. The third kappa shape index (κ3) is 5.60. The summed E-state index contributed by atoms with van der Waals surface area (Å²) in [6.07, 6.45) is 3.34. The first-order valence-corrected chi connectivity index (χ1v) is 8.60. The smallest absolute Gasteiger partial charge is 0.410 e. The molecule has 0 aliphatic carbocycles. The van der Waals surface area contributed by atoms with Crippen molar-refractivity contribution in [1.29, 1.82) is 0 Å². The van der Waals surface area contributed by atoms with Gasteiger partial charge in [-0.05, 0) is 24.3 Å². The summed E-state index contributed by atoms with van der Waals surface area (Å²) in [5.74, 6) is -0.656. The maximum atomic E-state index is 12.1. The van der Waals surface area contributed by atoms with Crippen LogP contribution >= 0.6 is 0 Å². The summed E-state index contributed by atoms with van der Waals surface area (Å²) in [6.45, 7) is 5.25. The van der Waals surface area contributed by atoms with Gasteiger partial charge in [0.25, 0.3) is 0 Å². The molecule has 2 atom stereocenters. The van der Waals surface area contributed by atoms with Crippen LogP contribution < -0.4 is 5.48 Å². The minimum Gasteiger partial charge on any atom is -0.445 e. The first-order chi connectivity index (χ1) is 12.0. The highest BCUT2D eigenvalue weighted by molar-refractivity contribution is 5.77. The number of hydrogen-bond acceptors (Lipinski definition) is 4. The number of ether oxygens (including phenoxy) is 1. The number of nitrogens with one attached hydrogen (secondary N) is 1. The largest absolute Gasteiger partial charge is 0.445 e. The Kier molecular flexibility index (Phi) is 7.01. The van der Waals surface area contributed by atoms with E-state index >= 15 is 0 Å². The number of rotatable bonds is 5. The quantitative estimate of drug-likeness (QED) is 0.488. The van der Waals surface area contributed by atoms with Gasteiger partial charge in [0.05, 0.1) is 0 Å². The molecule has 2 rings (SSSR count). The maximum absolute atomic E-state index is 12.1. The van der Waals surface area contributed by atoms with Gasteiger partial charge in [-0.3, -0.25) is 10.0 Å². The summed E-state index contributed by atoms with van der Waals surface area (Å²) in [5.41, 5.74) is 3.90. The zero-order chi connectivity index (χ0) is 18.2. The lowest BCUT2D eigenvalue weighted by atomic mass is 9.90. The Labute approximate surface area is 148 Å². The number of allylic oxidation sites excluding steroid dienone is 1. The van der Waals surface area contributed by atoms with Crippen LogP contribution in [0.25, 0.3) is 0 Å². The minimum atomic E-state index is -0.383. The molecule has 25 heavy (non-hydrogen) atoms. The van der Waals surface area contributed by atoms with E-state index in [2.05, 4.69) is 6.08 Å². The fraction of sp³-hybridized carbons (Fsp3) is 0.474. The summed E-state index contributed by atoms with van der Waals surface area (Å²) < 4.78 is 5.35. The van der Waals surface area contributed by atoms with Gasteiger partial charge in [0, 0.05) is 19.0 Å². The normalized spacial score (nSPS) is 16.8. The highest BCUT2D eigenvalue weighted by Crippen LogP contribution is 2.22. The molecule has 0 aromatic heterocycles. The lowest BCUT2D eigenvalue weighted by Crippen LogP contribution is -2.37. The van der Waals surface area contributed by atoms with Crippen LogP contribution in [0.15, 0.2) is 42.0 Å². The monoisotopic (exact) mass is 346 g/mol. The van der Waals surface area contributed by atoms with Crippen LogP contribution in [0.1, 0.15) is 32.3 Å². The van der Waals surface area contributed by atoms with Crippen molar-refractivity contribution >= 4 is 12.0 Å². The predicted octanol–water partition coefficient (Wildman–Crippen LogP) is 3.12. The molecule has 6 nitrogen and oxygen atoms in total. The standard InChI is InChI=1S/C19H26N2O4/c1-14(15(2)18(22)20-24)12-16-8-10-21(11-9-16)19(23)25-13-17-6-4-3-5-7-17/h3-7,12,14-15,24H,8-11,13H2,1-2H3,(H,20,22)/t14-,15-/m1/s1. The van der Waals surface area contributed by atoms with Crippen molar-refractivity contribution in [2.75, 3.05) is 13.1 Å². The molecule has 1 aromatic rings. The molecule has 0 unspecified atom stereocenters. The third-order valence-corrected chi connectivity index (χ3v) is 4.68. The summed E-state index contributed by atoms with van der Waals surface area (Å²) in [5, 5.41) is 8.71. The molecule has 0 saturated carbocycles. The number of carbonyl (C=O) groups excluding carboxylic acids is 2. The Morgan fingerprint density at radius 1 is 1.24 bits per heavy atom. The van der Waals surface area contributed by atoms with Gasteiger partial charge >= 0.3 is 6.09 Å². The number of nitrogens with zero attached hydrogens (tertiary/aromatic N) is 1. The minimum absolute atomic E-state index is 0.0266. The van der Waals surface area contributed by atoms with Crippen molar-refractivity contribution in [3.63, 3.8) is 0 Å². The second-order valence-corrected chi connectivity index (χ2v) is 6.48. The highest BCUT2D eigenvalue weighted by atomic mass is 16.6. The summed E-state index contributed by atoms with van der Waals surface area (Å²) in [7, 11) is 0. The van der Waals surface area contributed by atoms with Crippen LogP contribution in [0.3, 0.4) is 0 Å². The van der Waals surface area contributed by atoms with Gasteiger partial charge in [-0.2, -0.15) is 0 Å². The molecule has 1 heterocycles. The number of amides is 2. The van der Waals surface area contributed by atoms with Gasteiger partial charge in [-0.15, -0.1) is 0 Å². The van der Waals surface area contributed by atoms with Crippen molar-refractivity contribution in [3.05, 3.63) is 47.5 Å². The van der Waals surface area contributed by atoms with E-state index in [4.69, 9.17) is 9.94 Å². The molecule has 2 amide bonds. The first kappa shape index (κ1) is 19.0. The molecule has 1 aliphatic heterocycles. The van der Waals surface area contributed by atoms with Gasteiger partial charge in [0.2, 0.25) is 5.91 Å². The second-order valence-electron chi connectivity index (χ2n) is 6.48. The predicted molar refractivity (Wildman–Crippen MR) is 93.8 cm³/mol.